The third-order valence-corrected chi connectivity index (χ3v) is 1.08. The molecular weight excluding hydrogens is 114 g/mol. The zero-order valence-electron chi connectivity index (χ0n) is 6.18. The minimum Gasteiger partial charge on any atom is -0.328 e. The summed E-state index contributed by atoms with van der Waals surface area (Å²) in [5, 5.41) is 0. The van der Waals surface area contributed by atoms with E-state index in [0.717, 1.165) is 6.42 Å². The lowest BCUT2D eigenvalue weighted by atomic mass is 10.1. The maximum absolute atomic E-state index is 10.8. The van der Waals surface area contributed by atoms with Crippen LogP contribution in [0, 0.1) is 0 Å². The summed E-state index contributed by atoms with van der Waals surface area (Å²) in [4.78, 5) is 10.8. The normalized spacial score (nSPS) is 13.2. The highest BCUT2D eigenvalue weighted by Crippen LogP contribution is 1.95. The quantitative estimate of drug-likeness (QED) is 0.617. The molecule has 0 saturated heterocycles. The molecule has 0 heterocycles. The van der Waals surface area contributed by atoms with Gasteiger partial charge in [0.25, 0.3) is 0 Å². The number of hydrogen-bond donors (Lipinski definition) is 1. The first-order chi connectivity index (χ1) is 4.16. The lowest BCUT2D eigenvalue weighted by Crippen LogP contribution is -2.19. The topological polar surface area (TPSA) is 43.1 Å². The molecule has 54 valence electrons. The molecule has 1 atom stereocenters. The van der Waals surface area contributed by atoms with Gasteiger partial charge in [0.1, 0.15) is 5.78 Å². The van der Waals surface area contributed by atoms with Gasteiger partial charge in [0.15, 0.2) is 0 Å². The second-order valence-electron chi connectivity index (χ2n) is 2.47. The van der Waals surface area contributed by atoms with E-state index in [0.29, 0.717) is 12.8 Å². The van der Waals surface area contributed by atoms with Gasteiger partial charge in [-0.2, -0.15) is 0 Å². The Morgan fingerprint density at radius 2 is 2.22 bits per heavy atom. The molecule has 0 amide bonds. The first-order valence-corrected chi connectivity index (χ1v) is 3.44. The summed E-state index contributed by atoms with van der Waals surface area (Å²) >= 11 is 0. The third kappa shape index (κ3) is 5.50. The van der Waals surface area contributed by atoms with Crippen molar-refractivity contribution < 1.29 is 4.79 Å². The Labute approximate surface area is 56.4 Å². The zero-order chi connectivity index (χ0) is 7.28. The molecule has 2 N–H and O–H groups in total. The molecular formula is C7H15NO. The van der Waals surface area contributed by atoms with Crippen LogP contribution in [-0.2, 0) is 4.79 Å². The maximum Gasteiger partial charge on any atom is 0.134 e. The first kappa shape index (κ1) is 8.63. The molecule has 0 aliphatic carbocycles. The Bertz CT molecular complexity index is 88.9. The molecule has 0 fully saturated rings. The second-order valence-corrected chi connectivity index (χ2v) is 2.47. The van der Waals surface area contributed by atoms with Crippen LogP contribution < -0.4 is 5.73 Å². The highest BCUT2D eigenvalue weighted by molar-refractivity contribution is 5.78. The van der Waals surface area contributed by atoms with E-state index in [9.17, 15) is 4.79 Å². The van der Waals surface area contributed by atoms with Crippen LogP contribution in [0.15, 0.2) is 0 Å². The fourth-order valence-corrected chi connectivity index (χ4v) is 0.740. The SMILES string of the molecule is CCCC(=O)CC(C)N. The standard InChI is InChI=1S/C7H15NO/c1-3-4-7(9)5-6(2)8/h6H,3-5,8H2,1-2H3. The van der Waals surface area contributed by atoms with Gasteiger partial charge in [0.2, 0.25) is 0 Å². The fourth-order valence-electron chi connectivity index (χ4n) is 0.740. The smallest absolute Gasteiger partial charge is 0.134 e. The molecule has 1 unspecified atom stereocenters. The number of ketones is 1. The fraction of sp³-hybridized carbons (Fsp3) is 0.857. The molecule has 0 aliphatic heterocycles. The van der Waals surface area contributed by atoms with Crippen LogP contribution in [0.1, 0.15) is 33.1 Å². The summed E-state index contributed by atoms with van der Waals surface area (Å²) in [6.07, 6.45) is 2.15. The summed E-state index contributed by atoms with van der Waals surface area (Å²) in [6.45, 7) is 3.85. The van der Waals surface area contributed by atoms with Gasteiger partial charge in [-0.05, 0) is 13.3 Å². The average Bonchev–Trinajstić information content (AvgIpc) is 1.63. The summed E-state index contributed by atoms with van der Waals surface area (Å²) in [6, 6.07) is 0.0315. The average molecular weight is 129 g/mol. The van der Waals surface area contributed by atoms with Crippen LogP contribution in [-0.4, -0.2) is 11.8 Å². The molecule has 0 aliphatic rings. The molecule has 0 spiro atoms. The van der Waals surface area contributed by atoms with Gasteiger partial charge in [-0.15, -0.1) is 0 Å². The van der Waals surface area contributed by atoms with E-state index in [1.54, 1.807) is 0 Å². The van der Waals surface area contributed by atoms with Crippen LogP contribution in [0.2, 0.25) is 0 Å². The van der Waals surface area contributed by atoms with Crippen molar-refractivity contribution in [1.82, 2.24) is 0 Å². The molecule has 0 saturated carbocycles. The van der Waals surface area contributed by atoms with Gasteiger partial charge in [-0.25, -0.2) is 0 Å². The Morgan fingerprint density at radius 1 is 1.67 bits per heavy atom. The van der Waals surface area contributed by atoms with Crippen LogP contribution in [0.5, 0.6) is 0 Å². The lowest BCUT2D eigenvalue weighted by Gasteiger charge is -2.00. The van der Waals surface area contributed by atoms with Crippen molar-refractivity contribution >= 4 is 5.78 Å². The molecule has 0 aromatic carbocycles. The minimum absolute atomic E-state index is 0.0315. The molecule has 0 bridgehead atoms. The van der Waals surface area contributed by atoms with E-state index >= 15 is 0 Å². The molecule has 0 radical (unpaired) electrons. The predicted molar refractivity (Wildman–Crippen MR) is 38.2 cm³/mol. The van der Waals surface area contributed by atoms with Gasteiger partial charge in [0.05, 0.1) is 0 Å². The van der Waals surface area contributed by atoms with Crippen LogP contribution in [0.25, 0.3) is 0 Å². The number of carbonyl (C=O) groups excluding carboxylic acids is 1. The van der Waals surface area contributed by atoms with Gasteiger partial charge in [-0.1, -0.05) is 6.92 Å². The largest absolute Gasteiger partial charge is 0.328 e. The van der Waals surface area contributed by atoms with E-state index in [-0.39, 0.29) is 11.8 Å². The van der Waals surface area contributed by atoms with Crippen LogP contribution >= 0.6 is 0 Å². The van der Waals surface area contributed by atoms with Gasteiger partial charge < -0.3 is 5.73 Å². The number of carbonyl (C=O) groups is 1. The Kier molecular flexibility index (Phi) is 4.32. The number of Topliss-reactive ketones (excluding diaryl/α,β-unsaturated/α-hetero) is 1. The number of rotatable bonds is 4. The van der Waals surface area contributed by atoms with E-state index in [1.807, 2.05) is 13.8 Å². The summed E-state index contributed by atoms with van der Waals surface area (Å²) in [5.41, 5.74) is 5.40. The molecule has 9 heavy (non-hydrogen) atoms. The van der Waals surface area contributed by atoms with Crippen molar-refractivity contribution in [3.8, 4) is 0 Å². The summed E-state index contributed by atoms with van der Waals surface area (Å²) in [5.74, 6) is 0.285. The number of hydrogen-bond acceptors (Lipinski definition) is 2. The Morgan fingerprint density at radius 3 is 2.56 bits per heavy atom. The van der Waals surface area contributed by atoms with Crippen molar-refractivity contribution in [1.29, 1.82) is 0 Å². The Hall–Kier alpha value is -0.370. The highest BCUT2D eigenvalue weighted by Gasteiger charge is 2.02. The van der Waals surface area contributed by atoms with E-state index in [1.165, 1.54) is 0 Å². The maximum atomic E-state index is 10.8. The van der Waals surface area contributed by atoms with Crippen molar-refractivity contribution in [3.63, 3.8) is 0 Å². The van der Waals surface area contributed by atoms with Crippen LogP contribution in [0.4, 0.5) is 0 Å². The third-order valence-electron chi connectivity index (χ3n) is 1.08. The van der Waals surface area contributed by atoms with Gasteiger partial charge in [-0.3, -0.25) is 4.79 Å². The number of nitrogens with two attached hydrogens (primary N) is 1. The van der Waals surface area contributed by atoms with Crippen LogP contribution in [0.3, 0.4) is 0 Å². The summed E-state index contributed by atoms with van der Waals surface area (Å²) < 4.78 is 0. The molecule has 2 heteroatoms. The zero-order valence-corrected chi connectivity index (χ0v) is 6.18. The van der Waals surface area contributed by atoms with Gasteiger partial charge >= 0.3 is 0 Å². The lowest BCUT2D eigenvalue weighted by molar-refractivity contribution is -0.119. The molecule has 0 aromatic heterocycles. The molecule has 0 aromatic rings. The van der Waals surface area contributed by atoms with Crippen molar-refractivity contribution in [2.45, 2.75) is 39.2 Å². The van der Waals surface area contributed by atoms with Crippen molar-refractivity contribution in [3.05, 3.63) is 0 Å². The first-order valence-electron chi connectivity index (χ1n) is 3.44. The molecule has 2 nitrogen and oxygen atoms in total. The van der Waals surface area contributed by atoms with Crippen molar-refractivity contribution in [2.24, 2.45) is 5.73 Å². The van der Waals surface area contributed by atoms with E-state index in [2.05, 4.69) is 0 Å². The molecule has 0 rings (SSSR count). The van der Waals surface area contributed by atoms with Gasteiger partial charge in [0, 0.05) is 18.9 Å². The van der Waals surface area contributed by atoms with E-state index < -0.39 is 0 Å². The predicted octanol–water partition coefficient (Wildman–Crippen LogP) is 1.09. The van der Waals surface area contributed by atoms with E-state index in [4.69, 9.17) is 5.73 Å². The summed E-state index contributed by atoms with van der Waals surface area (Å²) in [7, 11) is 0. The highest BCUT2D eigenvalue weighted by atomic mass is 16.1. The van der Waals surface area contributed by atoms with Crippen molar-refractivity contribution in [2.75, 3.05) is 0 Å². The monoisotopic (exact) mass is 129 g/mol. The Balaban J connectivity index is 3.27. The second kappa shape index (κ2) is 4.50. The minimum atomic E-state index is 0.0315.